The lowest BCUT2D eigenvalue weighted by molar-refractivity contribution is -0.0751. The molecule has 0 radical (unpaired) electrons. The Hall–Kier alpha value is -3.25. The quantitative estimate of drug-likeness (QED) is 0.283. The van der Waals surface area contributed by atoms with Crippen LogP contribution in [-0.2, 0) is 26.1 Å². The summed E-state index contributed by atoms with van der Waals surface area (Å²) in [5.41, 5.74) is 2.34. The van der Waals surface area contributed by atoms with Gasteiger partial charge in [0.15, 0.2) is 5.76 Å². The van der Waals surface area contributed by atoms with Crippen LogP contribution in [-0.4, -0.2) is 23.1 Å². The highest BCUT2D eigenvalue weighted by atomic mass is 16.5. The van der Waals surface area contributed by atoms with Gasteiger partial charge in [-0.2, -0.15) is 0 Å². The fourth-order valence-corrected chi connectivity index (χ4v) is 5.22. The normalized spacial score (nSPS) is 19.3. The smallest absolute Gasteiger partial charge is 0.156 e. The van der Waals surface area contributed by atoms with Crippen molar-refractivity contribution in [1.82, 2.24) is 10.1 Å². The molecule has 3 heterocycles. The average Bonchev–Trinajstić information content (AvgIpc) is 3.61. The average molecular weight is 460 g/mol. The van der Waals surface area contributed by atoms with Gasteiger partial charge in [-0.3, -0.25) is 4.90 Å². The molecule has 1 saturated carbocycles. The number of benzene rings is 1. The molecule has 0 bridgehead atoms. The van der Waals surface area contributed by atoms with Crippen molar-refractivity contribution in [3.8, 4) is 0 Å². The summed E-state index contributed by atoms with van der Waals surface area (Å²) < 4.78 is 17.0. The van der Waals surface area contributed by atoms with E-state index in [9.17, 15) is 0 Å². The van der Waals surface area contributed by atoms with Crippen molar-refractivity contribution in [2.75, 3.05) is 11.9 Å². The highest BCUT2D eigenvalue weighted by Crippen LogP contribution is 2.51. The molecule has 1 aliphatic rings. The van der Waals surface area contributed by atoms with Crippen LogP contribution in [0.4, 0.5) is 5.69 Å². The van der Waals surface area contributed by atoms with Gasteiger partial charge in [-0.25, -0.2) is 0 Å². The van der Waals surface area contributed by atoms with Crippen molar-refractivity contribution in [2.45, 2.75) is 52.4 Å². The third kappa shape index (κ3) is 4.82. The Morgan fingerprint density at radius 1 is 0.882 bits per heavy atom. The predicted octanol–water partition coefficient (Wildman–Crippen LogP) is 6.16. The number of rotatable bonds is 10. The van der Waals surface area contributed by atoms with Gasteiger partial charge in [-0.05, 0) is 60.6 Å². The molecule has 1 aromatic carbocycles. The van der Waals surface area contributed by atoms with Gasteiger partial charge in [-0.1, -0.05) is 37.2 Å². The van der Waals surface area contributed by atoms with Crippen LogP contribution in [0.15, 0.2) is 86.5 Å². The molecular formula is C28H33N3O3. The first-order valence-electron chi connectivity index (χ1n) is 12.0. The standard InChI is InChI=1S/C28H33N3O3/c1-28(2)21(15-22-17-26(34-29-22)18-30(3)23-9-5-4-6-10-23)16-27(28)31(19-24-11-7-13-32-24)20-25-12-8-14-33-25/h4-14,17,21,27H,15-16,18-20H2,1-3H3/t21-,27+/m1/s1. The number of nitrogens with zero attached hydrogens (tertiary/aromatic N) is 3. The highest BCUT2D eigenvalue weighted by molar-refractivity contribution is 5.45. The largest absolute Gasteiger partial charge is 0.468 e. The molecule has 5 rings (SSSR count). The molecule has 0 amide bonds. The van der Waals surface area contributed by atoms with E-state index in [0.29, 0.717) is 18.5 Å². The molecular weight excluding hydrogens is 426 g/mol. The molecule has 2 atom stereocenters. The lowest BCUT2D eigenvalue weighted by Gasteiger charge is -2.56. The van der Waals surface area contributed by atoms with Crippen molar-refractivity contribution in [2.24, 2.45) is 11.3 Å². The monoisotopic (exact) mass is 459 g/mol. The van der Waals surface area contributed by atoms with E-state index in [-0.39, 0.29) is 5.41 Å². The van der Waals surface area contributed by atoms with Gasteiger partial charge < -0.3 is 18.3 Å². The molecule has 0 saturated heterocycles. The molecule has 0 unspecified atom stereocenters. The number of aromatic nitrogens is 1. The molecule has 3 aromatic heterocycles. The van der Waals surface area contributed by atoms with E-state index in [1.807, 2.05) is 42.5 Å². The lowest BCUT2D eigenvalue weighted by Crippen LogP contribution is -2.58. The third-order valence-corrected chi connectivity index (χ3v) is 7.39. The van der Waals surface area contributed by atoms with E-state index in [2.05, 4.69) is 54.1 Å². The van der Waals surface area contributed by atoms with Gasteiger partial charge in [0.05, 0.1) is 37.9 Å². The van der Waals surface area contributed by atoms with E-state index in [1.165, 1.54) is 0 Å². The molecule has 0 aliphatic heterocycles. The minimum atomic E-state index is 0.138. The zero-order valence-electron chi connectivity index (χ0n) is 20.2. The Bertz CT molecular complexity index is 1110. The topological polar surface area (TPSA) is 58.8 Å². The minimum absolute atomic E-state index is 0.138. The number of furan rings is 2. The van der Waals surface area contributed by atoms with Crippen LogP contribution in [0.1, 0.15) is 43.2 Å². The van der Waals surface area contributed by atoms with Crippen molar-refractivity contribution in [1.29, 1.82) is 0 Å². The first kappa shape index (κ1) is 22.5. The van der Waals surface area contributed by atoms with E-state index >= 15 is 0 Å². The Morgan fingerprint density at radius 3 is 2.15 bits per heavy atom. The summed E-state index contributed by atoms with van der Waals surface area (Å²) in [5, 5.41) is 4.40. The first-order chi connectivity index (χ1) is 16.5. The second kappa shape index (κ2) is 9.55. The summed E-state index contributed by atoms with van der Waals surface area (Å²) in [5.74, 6) is 3.40. The van der Waals surface area contributed by atoms with E-state index < -0.39 is 0 Å². The molecule has 6 nitrogen and oxygen atoms in total. The van der Waals surface area contributed by atoms with Gasteiger partial charge in [0, 0.05) is 24.8 Å². The van der Waals surface area contributed by atoms with Crippen molar-refractivity contribution in [3.63, 3.8) is 0 Å². The summed E-state index contributed by atoms with van der Waals surface area (Å²) in [4.78, 5) is 4.66. The van der Waals surface area contributed by atoms with Crippen LogP contribution in [0.2, 0.25) is 0 Å². The highest BCUT2D eigenvalue weighted by Gasteiger charge is 2.50. The Kier molecular flexibility index (Phi) is 6.33. The minimum Gasteiger partial charge on any atom is -0.468 e. The van der Waals surface area contributed by atoms with Crippen molar-refractivity contribution < 1.29 is 13.4 Å². The number of hydrogen-bond acceptors (Lipinski definition) is 6. The number of anilines is 1. The Labute approximate surface area is 201 Å². The zero-order valence-corrected chi connectivity index (χ0v) is 20.2. The molecule has 0 N–H and O–H groups in total. The lowest BCUT2D eigenvalue weighted by atomic mass is 9.56. The van der Waals surface area contributed by atoms with E-state index in [0.717, 1.165) is 54.6 Å². The summed E-state index contributed by atoms with van der Waals surface area (Å²) in [6.07, 6.45) is 5.52. The summed E-state index contributed by atoms with van der Waals surface area (Å²) in [6, 6.07) is 20.9. The fraction of sp³-hybridized carbons (Fsp3) is 0.393. The van der Waals surface area contributed by atoms with Gasteiger partial charge in [0.25, 0.3) is 0 Å². The zero-order chi connectivity index (χ0) is 23.5. The van der Waals surface area contributed by atoms with Crippen LogP contribution in [0.25, 0.3) is 0 Å². The van der Waals surface area contributed by atoms with Gasteiger partial charge >= 0.3 is 0 Å². The van der Waals surface area contributed by atoms with Crippen LogP contribution in [0.5, 0.6) is 0 Å². The maximum absolute atomic E-state index is 5.68. The SMILES string of the molecule is CN(Cc1cc(C[C@@H]2C[C@H](N(Cc3ccco3)Cc3ccco3)C2(C)C)no1)c1ccccc1. The Morgan fingerprint density at radius 2 is 1.56 bits per heavy atom. The molecule has 178 valence electrons. The maximum Gasteiger partial charge on any atom is 0.156 e. The summed E-state index contributed by atoms with van der Waals surface area (Å²) >= 11 is 0. The number of para-hydroxylation sites is 1. The van der Waals surface area contributed by atoms with Crippen molar-refractivity contribution >= 4 is 5.69 Å². The molecule has 6 heteroatoms. The molecule has 1 aliphatic carbocycles. The van der Waals surface area contributed by atoms with E-state index in [1.54, 1.807) is 12.5 Å². The summed E-state index contributed by atoms with van der Waals surface area (Å²) in [7, 11) is 2.07. The number of hydrogen-bond donors (Lipinski definition) is 0. The predicted molar refractivity (Wildman–Crippen MR) is 131 cm³/mol. The second-order valence-electron chi connectivity index (χ2n) is 10.0. The van der Waals surface area contributed by atoms with Gasteiger partial charge in [0.2, 0.25) is 0 Å². The third-order valence-electron chi connectivity index (χ3n) is 7.39. The van der Waals surface area contributed by atoms with Crippen molar-refractivity contribution in [3.05, 3.63) is 96.2 Å². The van der Waals surface area contributed by atoms with Crippen LogP contribution < -0.4 is 4.90 Å². The molecule has 1 fully saturated rings. The van der Waals surface area contributed by atoms with E-state index in [4.69, 9.17) is 13.4 Å². The molecule has 34 heavy (non-hydrogen) atoms. The first-order valence-corrected chi connectivity index (χ1v) is 12.0. The fourth-order valence-electron chi connectivity index (χ4n) is 5.22. The molecule has 0 spiro atoms. The van der Waals surface area contributed by atoms with Crippen LogP contribution in [0.3, 0.4) is 0 Å². The van der Waals surface area contributed by atoms with Crippen LogP contribution in [0, 0.1) is 11.3 Å². The van der Waals surface area contributed by atoms with Gasteiger partial charge in [0.1, 0.15) is 11.5 Å². The second-order valence-corrected chi connectivity index (χ2v) is 10.0. The van der Waals surface area contributed by atoms with Gasteiger partial charge in [-0.15, -0.1) is 0 Å². The maximum atomic E-state index is 5.68. The summed E-state index contributed by atoms with van der Waals surface area (Å²) in [6.45, 7) is 6.98. The molecule has 4 aromatic rings. The Balaban J connectivity index is 1.22. The van der Waals surface area contributed by atoms with Crippen LogP contribution >= 0.6 is 0 Å².